The molecule has 2 atom stereocenters. The van der Waals surface area contributed by atoms with Gasteiger partial charge in [0.15, 0.2) is 18.1 Å². The van der Waals surface area contributed by atoms with E-state index in [4.69, 9.17) is 24.1 Å². The van der Waals surface area contributed by atoms with Crippen molar-refractivity contribution in [1.82, 2.24) is 4.31 Å². The van der Waals surface area contributed by atoms with Crippen LogP contribution in [0, 0.1) is 10.1 Å². The molecule has 0 aromatic heterocycles. The molecule has 3 aromatic carbocycles. The van der Waals surface area contributed by atoms with Gasteiger partial charge in [-0.1, -0.05) is 24.3 Å². The van der Waals surface area contributed by atoms with E-state index in [-0.39, 0.29) is 35.7 Å². The normalized spacial score (nSPS) is 15.9. The monoisotopic (exact) mass is 642 g/mol. The van der Waals surface area contributed by atoms with Gasteiger partial charge in [-0.25, -0.2) is 13.2 Å². The highest BCUT2D eigenvalue weighted by Gasteiger charge is 2.40. The molecule has 0 saturated carbocycles. The zero-order chi connectivity index (χ0) is 32.6. The summed E-state index contributed by atoms with van der Waals surface area (Å²) < 4.78 is 50.4. The summed E-state index contributed by atoms with van der Waals surface area (Å²) in [7, 11) is -1.23. The quantitative estimate of drug-likeness (QED) is 0.149. The Morgan fingerprint density at radius 3 is 2.49 bits per heavy atom. The van der Waals surface area contributed by atoms with Crippen LogP contribution in [0.5, 0.6) is 17.2 Å². The van der Waals surface area contributed by atoms with Crippen molar-refractivity contribution < 1.29 is 47.0 Å². The number of ether oxygens (including phenoxy) is 4. The van der Waals surface area contributed by atoms with Gasteiger partial charge in [-0.05, 0) is 73.6 Å². The second-order valence-corrected chi connectivity index (χ2v) is 12.2. The number of sulfonamides is 1. The molecular weight excluding hydrogens is 608 g/mol. The minimum absolute atomic E-state index is 0.0413. The average Bonchev–Trinajstić information content (AvgIpc) is 3.05. The fraction of sp³-hybridized carbons (Fsp3) is 0.355. The van der Waals surface area contributed by atoms with E-state index in [1.54, 1.807) is 36.4 Å². The van der Waals surface area contributed by atoms with Crippen LogP contribution in [-0.4, -0.2) is 68.1 Å². The van der Waals surface area contributed by atoms with Crippen LogP contribution in [-0.2, 0) is 30.8 Å². The summed E-state index contributed by atoms with van der Waals surface area (Å²) in [5, 5.41) is 20.3. The Kier molecular flexibility index (Phi) is 11.0. The Morgan fingerprint density at radius 2 is 1.78 bits per heavy atom. The molecule has 1 heterocycles. The first-order valence-corrected chi connectivity index (χ1v) is 15.6. The number of non-ortho nitro benzene ring substituents is 1. The molecule has 13 nitrogen and oxygen atoms in total. The Labute approximate surface area is 260 Å². The maximum Gasteiger partial charge on any atom is 0.341 e. The van der Waals surface area contributed by atoms with Gasteiger partial charge >= 0.3 is 11.9 Å². The molecule has 0 aliphatic carbocycles. The van der Waals surface area contributed by atoms with E-state index in [9.17, 15) is 28.1 Å². The van der Waals surface area contributed by atoms with Gasteiger partial charge in [0.2, 0.25) is 10.0 Å². The summed E-state index contributed by atoms with van der Waals surface area (Å²) in [6.45, 7) is -0.522. The van der Waals surface area contributed by atoms with E-state index >= 15 is 0 Å². The second-order valence-electron chi connectivity index (χ2n) is 10.3. The minimum Gasteiger partial charge on any atom is -0.493 e. The van der Waals surface area contributed by atoms with Gasteiger partial charge in [-0.3, -0.25) is 14.9 Å². The molecule has 4 rings (SSSR count). The predicted molar refractivity (Wildman–Crippen MR) is 161 cm³/mol. The molecule has 45 heavy (non-hydrogen) atoms. The van der Waals surface area contributed by atoms with Crippen LogP contribution in [0.15, 0.2) is 71.6 Å². The molecule has 1 unspecified atom stereocenters. The first-order valence-electron chi connectivity index (χ1n) is 14.2. The number of nitro benzene ring substituents is 1. The van der Waals surface area contributed by atoms with E-state index in [0.29, 0.717) is 36.3 Å². The number of carboxylic acids is 1. The first-order chi connectivity index (χ1) is 21.5. The molecule has 0 radical (unpaired) electrons. The van der Waals surface area contributed by atoms with Gasteiger partial charge in [-0.15, -0.1) is 0 Å². The lowest BCUT2D eigenvalue weighted by Gasteiger charge is -2.34. The summed E-state index contributed by atoms with van der Waals surface area (Å²) in [4.78, 5) is 35.1. The van der Waals surface area contributed by atoms with Gasteiger partial charge in [0.05, 0.1) is 24.0 Å². The lowest BCUT2D eigenvalue weighted by atomic mass is 10.00. The van der Waals surface area contributed by atoms with Crippen molar-refractivity contribution in [3.05, 3.63) is 88.0 Å². The minimum atomic E-state index is -4.28. The molecule has 1 fully saturated rings. The lowest BCUT2D eigenvalue weighted by Crippen LogP contribution is -2.48. The number of carboxylic acid groups (broad SMARTS) is 1. The van der Waals surface area contributed by atoms with Crippen LogP contribution in [0.2, 0.25) is 0 Å². The molecule has 1 aliphatic heterocycles. The van der Waals surface area contributed by atoms with E-state index in [1.165, 1.54) is 32.4 Å². The number of rotatable bonds is 14. The van der Waals surface area contributed by atoms with Crippen molar-refractivity contribution in [2.45, 2.75) is 49.1 Å². The summed E-state index contributed by atoms with van der Waals surface area (Å²) in [5.41, 5.74) is 1.00. The van der Waals surface area contributed by atoms with Crippen molar-refractivity contribution >= 4 is 27.6 Å². The number of nitro groups is 1. The first kappa shape index (κ1) is 33.2. The van der Waals surface area contributed by atoms with Gasteiger partial charge in [0, 0.05) is 18.7 Å². The third-order valence-electron chi connectivity index (χ3n) is 7.35. The summed E-state index contributed by atoms with van der Waals surface area (Å²) in [5.74, 6) is -0.585. The van der Waals surface area contributed by atoms with Crippen LogP contribution in [0.4, 0.5) is 5.69 Å². The van der Waals surface area contributed by atoms with Crippen LogP contribution in [0.3, 0.4) is 0 Å². The van der Waals surface area contributed by atoms with Crippen LogP contribution < -0.4 is 14.2 Å². The number of hydrogen-bond acceptors (Lipinski definition) is 10. The molecule has 0 amide bonds. The SMILES string of the molecule is COc1ccc(CC[C@@H](OC(=O)C2CCCCN2S(=O)(=O)c2cccc([N+](=O)[O-])c2)c2cccc(OCC(=O)O)c2)cc1OC. The van der Waals surface area contributed by atoms with Crippen LogP contribution >= 0.6 is 0 Å². The molecule has 1 saturated heterocycles. The van der Waals surface area contributed by atoms with Crippen molar-refractivity contribution in [3.63, 3.8) is 0 Å². The summed E-state index contributed by atoms with van der Waals surface area (Å²) >= 11 is 0. The fourth-order valence-electron chi connectivity index (χ4n) is 5.12. The predicted octanol–water partition coefficient (Wildman–Crippen LogP) is 4.54. The second kappa shape index (κ2) is 14.9. The van der Waals surface area contributed by atoms with E-state index in [2.05, 4.69) is 0 Å². The smallest absolute Gasteiger partial charge is 0.341 e. The third-order valence-corrected chi connectivity index (χ3v) is 9.26. The van der Waals surface area contributed by atoms with Crippen LogP contribution in [0.25, 0.3) is 0 Å². The number of esters is 1. The van der Waals surface area contributed by atoms with E-state index in [1.807, 2.05) is 6.07 Å². The third kappa shape index (κ3) is 8.28. The van der Waals surface area contributed by atoms with Gasteiger partial charge in [0.25, 0.3) is 5.69 Å². The number of nitrogens with zero attached hydrogens (tertiary/aromatic N) is 2. The number of benzene rings is 3. The number of aryl methyl sites for hydroxylation is 1. The van der Waals surface area contributed by atoms with Gasteiger partial charge in [0.1, 0.15) is 17.9 Å². The van der Waals surface area contributed by atoms with Crippen molar-refractivity contribution in [2.24, 2.45) is 0 Å². The fourth-order valence-corrected chi connectivity index (χ4v) is 6.80. The van der Waals surface area contributed by atoms with Crippen molar-refractivity contribution in [3.8, 4) is 17.2 Å². The molecular formula is C31H34N2O11S. The highest BCUT2D eigenvalue weighted by Crippen LogP contribution is 2.33. The largest absolute Gasteiger partial charge is 0.493 e. The van der Waals surface area contributed by atoms with Gasteiger partial charge in [-0.2, -0.15) is 4.31 Å². The maximum absolute atomic E-state index is 13.8. The Morgan fingerprint density at radius 1 is 1.02 bits per heavy atom. The maximum atomic E-state index is 13.8. The number of carbonyl (C=O) groups is 2. The molecule has 1 N–H and O–H groups in total. The van der Waals surface area contributed by atoms with E-state index < -0.39 is 45.6 Å². The number of methoxy groups -OCH3 is 2. The van der Waals surface area contributed by atoms with Crippen molar-refractivity contribution in [2.75, 3.05) is 27.4 Å². The number of hydrogen-bond donors (Lipinski definition) is 1. The molecule has 0 bridgehead atoms. The number of aliphatic carboxylic acids is 1. The Hall–Kier alpha value is -4.69. The molecule has 3 aromatic rings. The zero-order valence-electron chi connectivity index (χ0n) is 24.8. The highest BCUT2D eigenvalue weighted by molar-refractivity contribution is 7.89. The van der Waals surface area contributed by atoms with Crippen LogP contribution in [0.1, 0.15) is 42.9 Å². The molecule has 14 heteroatoms. The molecule has 240 valence electrons. The lowest BCUT2D eigenvalue weighted by molar-refractivity contribution is -0.385. The zero-order valence-corrected chi connectivity index (χ0v) is 25.6. The average molecular weight is 643 g/mol. The molecule has 0 spiro atoms. The standard InChI is InChI=1S/C31H34N2O11S/c1-41-28-15-13-21(17-29(28)42-2)12-14-27(22-7-5-9-24(18-22)43-20-30(34)35)44-31(36)26-11-3-4-16-32(26)45(39,40)25-10-6-8-23(19-25)33(37)38/h5-10,13,15,17-19,26-27H,3-4,11-12,14,16,20H2,1-2H3,(H,34,35)/t26?,27-/m1/s1. The highest BCUT2D eigenvalue weighted by atomic mass is 32.2. The van der Waals surface area contributed by atoms with Crippen molar-refractivity contribution in [1.29, 1.82) is 0 Å². The van der Waals surface area contributed by atoms with Gasteiger partial charge < -0.3 is 24.1 Å². The number of piperidine rings is 1. The summed E-state index contributed by atoms with van der Waals surface area (Å²) in [6.07, 6.45) is 1.15. The topological polar surface area (TPSA) is 172 Å². The Bertz CT molecular complexity index is 1640. The molecule has 1 aliphatic rings. The number of carbonyl (C=O) groups excluding carboxylic acids is 1. The Balaban J connectivity index is 1.62. The van der Waals surface area contributed by atoms with E-state index in [0.717, 1.165) is 15.9 Å². The summed E-state index contributed by atoms with van der Waals surface area (Å²) in [6, 6.07) is 15.5.